The fourth-order valence-electron chi connectivity index (χ4n) is 5.77. The average Bonchev–Trinajstić information content (AvgIpc) is 3.69. The van der Waals surface area contributed by atoms with Crippen molar-refractivity contribution in [3.63, 3.8) is 0 Å². The molecule has 45 heavy (non-hydrogen) atoms. The van der Waals surface area contributed by atoms with Crippen LogP contribution in [0.2, 0.25) is 0 Å². The summed E-state index contributed by atoms with van der Waals surface area (Å²) in [6, 6.07) is 52.4. The normalized spacial score (nSPS) is 10.2. The summed E-state index contributed by atoms with van der Waals surface area (Å²) in [5.74, 6) is 0.584. The van der Waals surface area contributed by atoms with Gasteiger partial charge in [0, 0.05) is 0 Å². The summed E-state index contributed by atoms with van der Waals surface area (Å²) >= 11 is 1.36. The molecule has 7 aromatic rings. The van der Waals surface area contributed by atoms with Gasteiger partial charge in [-0.25, -0.2) is 0 Å². The van der Waals surface area contributed by atoms with Crippen molar-refractivity contribution >= 4 is 28.4 Å². The molecule has 0 saturated heterocycles. The van der Waals surface area contributed by atoms with Crippen molar-refractivity contribution in [2.75, 3.05) is 0 Å². The van der Waals surface area contributed by atoms with Crippen LogP contribution in [0.3, 0.4) is 0 Å². The molecule has 7 rings (SSSR count). The molecule has 0 aliphatic rings. The summed E-state index contributed by atoms with van der Waals surface area (Å²) in [6.45, 7) is 9.75. The number of rotatable bonds is 5. The van der Waals surface area contributed by atoms with Crippen LogP contribution in [0.1, 0.15) is 42.0 Å². The number of hydrogen-bond donors (Lipinski definition) is 0. The molecule has 2 radical (unpaired) electrons. The molecule has 0 unspecified atom stereocenters. The summed E-state index contributed by atoms with van der Waals surface area (Å²) in [6.07, 6.45) is 0.989. The van der Waals surface area contributed by atoms with E-state index < -0.39 is 0 Å². The molecule has 0 heterocycles. The zero-order valence-electron chi connectivity index (χ0n) is 27.1. The Hall–Kier alpha value is -3.58. The van der Waals surface area contributed by atoms with Gasteiger partial charge in [-0.05, 0) is 29.0 Å². The monoisotopic (exact) mass is 676 g/mol. The molecular formula is C43H42SiZr-4. The molecule has 7 aromatic carbocycles. The molecule has 0 aliphatic carbocycles. The van der Waals surface area contributed by atoms with Gasteiger partial charge in [0.1, 0.15) is 0 Å². The number of fused-ring (bicyclic) bond motifs is 2. The quantitative estimate of drug-likeness (QED) is 0.126. The first-order valence-corrected chi connectivity index (χ1v) is 19.0. The third-order valence-electron chi connectivity index (χ3n) is 8.02. The van der Waals surface area contributed by atoms with E-state index in [0.29, 0.717) is 5.92 Å². The second-order valence-corrected chi connectivity index (χ2v) is 11.3. The zero-order valence-corrected chi connectivity index (χ0v) is 30.6. The van der Waals surface area contributed by atoms with Crippen LogP contribution in [0.5, 0.6) is 0 Å². The number of hydrogen-bond acceptors (Lipinski definition) is 0. The van der Waals surface area contributed by atoms with Crippen LogP contribution in [0.15, 0.2) is 146 Å². The van der Waals surface area contributed by atoms with Crippen molar-refractivity contribution < 1.29 is 23.3 Å². The summed E-state index contributed by atoms with van der Waals surface area (Å²) in [5, 5.41) is 5.45. The topological polar surface area (TPSA) is 0 Å². The van der Waals surface area contributed by atoms with Gasteiger partial charge in [-0.2, -0.15) is 12.1 Å². The van der Waals surface area contributed by atoms with Gasteiger partial charge in [0.05, 0.1) is 0 Å². The Labute approximate surface area is 288 Å². The predicted molar refractivity (Wildman–Crippen MR) is 197 cm³/mol. The minimum atomic E-state index is 0. The molecular weight excluding hydrogens is 636 g/mol. The van der Waals surface area contributed by atoms with Crippen LogP contribution in [-0.2, 0) is 29.8 Å². The number of aryl methyl sites for hydroxylation is 1. The first-order chi connectivity index (χ1) is 21.1. The number of benzene rings is 5. The van der Waals surface area contributed by atoms with E-state index in [9.17, 15) is 0 Å². The van der Waals surface area contributed by atoms with Crippen LogP contribution in [-0.4, -0.2) is 6.88 Å². The van der Waals surface area contributed by atoms with E-state index in [-0.39, 0.29) is 14.9 Å². The van der Waals surface area contributed by atoms with Crippen LogP contribution < -0.4 is 0 Å². The van der Waals surface area contributed by atoms with E-state index in [2.05, 4.69) is 173 Å². The van der Waals surface area contributed by atoms with Crippen molar-refractivity contribution in [1.82, 2.24) is 0 Å². The summed E-state index contributed by atoms with van der Waals surface area (Å²) in [5.41, 5.74) is 10.8. The summed E-state index contributed by atoms with van der Waals surface area (Å²) in [7, 11) is 0. The first kappa shape index (κ1) is 35.9. The minimum absolute atomic E-state index is 0. The van der Waals surface area contributed by atoms with Gasteiger partial charge < -0.3 is 14.9 Å². The molecule has 0 saturated carbocycles. The van der Waals surface area contributed by atoms with Gasteiger partial charge in [0.15, 0.2) is 0 Å². The third-order valence-corrected chi connectivity index (χ3v) is 8.02. The Bertz CT molecular complexity index is 1890. The van der Waals surface area contributed by atoms with Gasteiger partial charge in [-0.1, -0.05) is 135 Å². The van der Waals surface area contributed by atoms with Crippen molar-refractivity contribution in [2.45, 2.75) is 33.1 Å². The molecule has 2 heteroatoms. The van der Waals surface area contributed by atoms with Gasteiger partial charge in [-0.15, -0.1) is 68.6 Å². The molecule has 0 aromatic heterocycles. The molecule has 0 aliphatic heterocycles. The van der Waals surface area contributed by atoms with Crippen LogP contribution in [0.25, 0.3) is 43.8 Å². The maximum absolute atomic E-state index is 3.06. The van der Waals surface area contributed by atoms with Gasteiger partial charge >= 0.3 is 30.2 Å². The van der Waals surface area contributed by atoms with Crippen LogP contribution in [0.4, 0.5) is 0 Å². The molecule has 0 N–H and O–H groups in total. The second-order valence-electron chi connectivity index (χ2n) is 11.3. The van der Waals surface area contributed by atoms with E-state index in [4.69, 9.17) is 0 Å². The fraction of sp³-hybridized carbons (Fsp3) is 0.116. The maximum atomic E-state index is 3.06. The van der Waals surface area contributed by atoms with Gasteiger partial charge in [0.2, 0.25) is 0 Å². The average molecular weight is 678 g/mol. The molecule has 0 atom stereocenters. The molecule has 0 amide bonds. The van der Waals surface area contributed by atoms with Crippen molar-refractivity contribution in [2.24, 2.45) is 0 Å². The second kappa shape index (κ2) is 17.2. The summed E-state index contributed by atoms with van der Waals surface area (Å²) in [4.78, 5) is 0. The van der Waals surface area contributed by atoms with Crippen molar-refractivity contribution in [3.8, 4) is 22.3 Å². The van der Waals surface area contributed by atoms with Gasteiger partial charge in [0.25, 0.3) is 0 Å². The standard InChI is InChI=1S/C23H19.C18H17.2CH3.Si.Zr/c1-17-12-13-21(20-10-6-3-7-11-20)23-16-19(15-22(17)23)14-18-8-4-2-5-9-18;1-13(2)16-11-15-9-6-10-17(18(15)12-16)14-7-4-3-5-8-14;;;;/h2-13,15-16H,14H2,1H3;3-13H,1-2H3;2*1H3;;/q4*-1;;. The Morgan fingerprint density at radius 2 is 1.16 bits per heavy atom. The van der Waals surface area contributed by atoms with Gasteiger partial charge in [-0.3, -0.25) is 0 Å². The third kappa shape index (κ3) is 8.57. The predicted octanol–water partition coefficient (Wildman–Crippen LogP) is 12.0. The SMILES string of the molecule is CC(C)c1cc2c(-c3ccccc3)cccc2[cH-]1.Cc1ccc(-c2ccccc2)c2cc(Cc3ccccc3)[cH-]c12.[CH3-].[CH3-].[Si]=[Zr]. The van der Waals surface area contributed by atoms with Crippen LogP contribution in [0, 0.1) is 21.8 Å². The van der Waals surface area contributed by atoms with Crippen LogP contribution >= 0.6 is 0 Å². The fourth-order valence-corrected chi connectivity index (χ4v) is 5.77. The first-order valence-electron chi connectivity index (χ1n) is 14.8. The molecule has 0 fully saturated rings. The van der Waals surface area contributed by atoms with E-state index >= 15 is 0 Å². The van der Waals surface area contributed by atoms with E-state index in [1.807, 2.05) is 0 Å². The Morgan fingerprint density at radius 1 is 0.600 bits per heavy atom. The Kier molecular flexibility index (Phi) is 13.7. The molecule has 0 spiro atoms. The Morgan fingerprint density at radius 3 is 1.73 bits per heavy atom. The van der Waals surface area contributed by atoms with E-state index in [1.54, 1.807) is 0 Å². The van der Waals surface area contributed by atoms with Crippen molar-refractivity contribution in [3.05, 3.63) is 183 Å². The zero-order chi connectivity index (χ0) is 30.2. The summed E-state index contributed by atoms with van der Waals surface area (Å²) < 4.78 is 0. The van der Waals surface area contributed by atoms with E-state index in [0.717, 1.165) is 6.42 Å². The Balaban J connectivity index is 0.000000229. The van der Waals surface area contributed by atoms with E-state index in [1.165, 1.54) is 89.4 Å². The molecule has 226 valence electrons. The van der Waals surface area contributed by atoms with Crippen molar-refractivity contribution in [1.29, 1.82) is 0 Å². The molecule has 0 nitrogen and oxygen atoms in total. The molecule has 0 bridgehead atoms.